The molecule has 3 saturated heterocycles. The van der Waals surface area contributed by atoms with Crippen molar-refractivity contribution in [2.45, 2.75) is 63.7 Å². The summed E-state index contributed by atoms with van der Waals surface area (Å²) in [5, 5.41) is 9.01. The van der Waals surface area contributed by atoms with Crippen LogP contribution in [0.2, 0.25) is 0 Å². The molecule has 3 fully saturated rings. The van der Waals surface area contributed by atoms with Crippen LogP contribution >= 0.6 is 0 Å². The van der Waals surface area contributed by atoms with Crippen LogP contribution in [0.1, 0.15) is 45.2 Å². The molecule has 0 N–H and O–H groups in total. The Morgan fingerprint density at radius 2 is 1.88 bits per heavy atom. The summed E-state index contributed by atoms with van der Waals surface area (Å²) in [6, 6.07) is 4.15. The van der Waals surface area contributed by atoms with Gasteiger partial charge in [-0.25, -0.2) is 9.69 Å². The van der Waals surface area contributed by atoms with E-state index < -0.39 is 70.5 Å². The number of hydrogen-bond donors (Lipinski definition) is 0. The van der Waals surface area contributed by atoms with Gasteiger partial charge in [0, 0.05) is 6.42 Å². The molecule has 3 aliphatic heterocycles. The van der Waals surface area contributed by atoms with Crippen LogP contribution in [-0.2, 0) is 30.0 Å². The number of carbonyl (C=O) groups excluding carboxylic acids is 3. The van der Waals surface area contributed by atoms with E-state index in [1.807, 2.05) is 0 Å². The van der Waals surface area contributed by atoms with E-state index in [-0.39, 0.29) is 12.1 Å². The van der Waals surface area contributed by atoms with Crippen molar-refractivity contribution in [3.05, 3.63) is 29.3 Å². The van der Waals surface area contributed by atoms with Crippen molar-refractivity contribution in [3.8, 4) is 6.07 Å². The molecule has 8 nitrogen and oxygen atoms in total. The molecule has 2 bridgehead atoms. The number of nitriles is 1. The number of hydrogen-bond acceptors (Lipinski definition) is 7. The van der Waals surface area contributed by atoms with Crippen LogP contribution in [0.3, 0.4) is 0 Å². The Kier molecular flexibility index (Phi) is 5.02. The number of amides is 2. The summed E-state index contributed by atoms with van der Waals surface area (Å²) in [5.41, 5.74) is -4.67. The zero-order chi connectivity index (χ0) is 24.5. The Morgan fingerprint density at radius 3 is 2.45 bits per heavy atom. The number of imide groups is 1. The maximum absolute atomic E-state index is 13.4. The number of fused-ring (bicyclic) bond motifs is 5. The topological polar surface area (TPSA) is 106 Å². The van der Waals surface area contributed by atoms with E-state index in [1.54, 1.807) is 27.7 Å². The van der Waals surface area contributed by atoms with Crippen molar-refractivity contribution in [3.63, 3.8) is 0 Å². The number of ether oxygens (including phenoxy) is 3. The molecule has 0 radical (unpaired) electrons. The van der Waals surface area contributed by atoms with E-state index in [1.165, 1.54) is 6.07 Å². The van der Waals surface area contributed by atoms with Crippen LogP contribution in [0, 0.1) is 23.2 Å². The second-order valence-corrected chi connectivity index (χ2v) is 9.13. The monoisotopic (exact) mass is 466 g/mol. The van der Waals surface area contributed by atoms with Crippen LogP contribution in [-0.4, -0.2) is 41.4 Å². The van der Waals surface area contributed by atoms with Crippen LogP contribution in [0.4, 0.5) is 23.7 Å². The number of nitrogens with zero attached hydrogens (tertiary/aromatic N) is 2. The normalized spacial score (nSPS) is 32.8. The molecule has 0 aliphatic carbocycles. The van der Waals surface area contributed by atoms with Crippen molar-refractivity contribution in [1.29, 1.82) is 5.26 Å². The lowest BCUT2D eigenvalue weighted by Gasteiger charge is -2.34. The van der Waals surface area contributed by atoms with Gasteiger partial charge in [-0.1, -0.05) is 0 Å². The number of alkyl halides is 3. The van der Waals surface area contributed by atoms with Gasteiger partial charge in [-0.15, -0.1) is 0 Å². The van der Waals surface area contributed by atoms with E-state index >= 15 is 0 Å². The molecule has 0 saturated carbocycles. The molecule has 3 aliphatic rings. The first-order valence-electron chi connectivity index (χ1n) is 10.3. The molecule has 5 atom stereocenters. The van der Waals surface area contributed by atoms with E-state index in [0.717, 1.165) is 12.1 Å². The fourth-order valence-electron chi connectivity index (χ4n) is 5.25. The first-order valence-corrected chi connectivity index (χ1v) is 10.3. The highest BCUT2D eigenvalue weighted by Gasteiger charge is 2.77. The minimum absolute atomic E-state index is 0.117. The van der Waals surface area contributed by atoms with Gasteiger partial charge in [0.05, 0.1) is 46.4 Å². The summed E-state index contributed by atoms with van der Waals surface area (Å²) in [5.74, 6) is -3.47. The molecule has 0 unspecified atom stereocenters. The number of halogens is 3. The summed E-state index contributed by atoms with van der Waals surface area (Å²) in [7, 11) is 0. The largest absolute Gasteiger partial charge is 0.508 e. The smallest absolute Gasteiger partial charge is 0.432 e. The third-order valence-electron chi connectivity index (χ3n) is 6.52. The minimum Gasteiger partial charge on any atom is -0.432 e. The standard InChI is InChI=1S/C22H21F3N2O6/c1-10(2)31-19(30)32-14-8-20(3)15-16(21(14,4)33-20)18(29)27(17(15)28)12-6-5-11(9-26)13(7-12)22(23,24)25/h5-7,10,14-16H,8H2,1-4H3/t14-,15-,16+,20-,21+/m1/s1. The van der Waals surface area contributed by atoms with Crippen molar-refractivity contribution in [2.24, 2.45) is 11.8 Å². The third-order valence-corrected chi connectivity index (χ3v) is 6.52. The molecule has 176 valence electrons. The van der Waals surface area contributed by atoms with Gasteiger partial charge in [0.25, 0.3) is 0 Å². The lowest BCUT2D eigenvalue weighted by molar-refractivity contribution is -0.138. The lowest BCUT2D eigenvalue weighted by Crippen LogP contribution is -2.51. The average molecular weight is 466 g/mol. The quantitative estimate of drug-likeness (QED) is 0.495. The van der Waals surface area contributed by atoms with Gasteiger partial charge in [0.15, 0.2) is 0 Å². The number of anilines is 1. The minimum atomic E-state index is -4.85. The van der Waals surface area contributed by atoms with Gasteiger partial charge < -0.3 is 14.2 Å². The second-order valence-electron chi connectivity index (χ2n) is 9.13. The van der Waals surface area contributed by atoms with Crippen molar-refractivity contribution in [1.82, 2.24) is 0 Å². The van der Waals surface area contributed by atoms with E-state index in [0.29, 0.717) is 11.0 Å². The number of rotatable bonds is 3. The van der Waals surface area contributed by atoms with Crippen molar-refractivity contribution < 1.29 is 41.8 Å². The summed E-state index contributed by atoms with van der Waals surface area (Å²) < 4.78 is 56.7. The van der Waals surface area contributed by atoms with Crippen LogP contribution in [0.5, 0.6) is 0 Å². The Labute approximate surface area is 187 Å². The van der Waals surface area contributed by atoms with Gasteiger partial charge in [-0.3, -0.25) is 9.59 Å². The molecular weight excluding hydrogens is 445 g/mol. The molecule has 3 heterocycles. The number of carbonyl (C=O) groups is 3. The predicted octanol–water partition coefficient (Wildman–Crippen LogP) is 3.56. The Bertz CT molecular complexity index is 1100. The first-order chi connectivity index (χ1) is 15.2. The second kappa shape index (κ2) is 7.18. The van der Waals surface area contributed by atoms with E-state index in [2.05, 4.69) is 0 Å². The zero-order valence-electron chi connectivity index (χ0n) is 18.2. The summed E-state index contributed by atoms with van der Waals surface area (Å²) in [6.45, 7) is 6.44. The molecule has 0 aromatic heterocycles. The molecule has 4 rings (SSSR count). The van der Waals surface area contributed by atoms with Gasteiger partial charge in [0.1, 0.15) is 11.7 Å². The van der Waals surface area contributed by atoms with Crippen molar-refractivity contribution >= 4 is 23.7 Å². The molecule has 1 aromatic rings. The Balaban J connectivity index is 1.70. The molecule has 11 heteroatoms. The van der Waals surface area contributed by atoms with Gasteiger partial charge in [-0.05, 0) is 45.9 Å². The van der Waals surface area contributed by atoms with Gasteiger partial charge in [0.2, 0.25) is 11.8 Å². The molecule has 33 heavy (non-hydrogen) atoms. The summed E-state index contributed by atoms with van der Waals surface area (Å²) in [6.07, 6.45) is -7.00. The van der Waals surface area contributed by atoms with E-state index in [9.17, 15) is 27.6 Å². The highest BCUT2D eigenvalue weighted by Crippen LogP contribution is 2.61. The van der Waals surface area contributed by atoms with Gasteiger partial charge in [-0.2, -0.15) is 18.4 Å². The lowest BCUT2D eigenvalue weighted by atomic mass is 9.67. The predicted molar refractivity (Wildman–Crippen MR) is 105 cm³/mol. The first kappa shape index (κ1) is 23.0. The zero-order valence-corrected chi connectivity index (χ0v) is 18.2. The van der Waals surface area contributed by atoms with E-state index in [4.69, 9.17) is 19.5 Å². The third kappa shape index (κ3) is 3.35. The van der Waals surface area contributed by atoms with Crippen LogP contribution in [0.15, 0.2) is 18.2 Å². The fourth-order valence-corrected chi connectivity index (χ4v) is 5.25. The molecule has 0 spiro atoms. The maximum Gasteiger partial charge on any atom is 0.508 e. The summed E-state index contributed by atoms with van der Waals surface area (Å²) in [4.78, 5) is 39.4. The molecular formula is C22H21F3N2O6. The maximum atomic E-state index is 13.4. The SMILES string of the molecule is CC(C)OC(=O)O[C@@H]1C[C@@]2(C)O[C@]1(C)[C@@H]1C(=O)N(c3ccc(C#N)c(C(F)(F)F)c3)C(=O)[C@@H]12. The van der Waals surface area contributed by atoms with Crippen molar-refractivity contribution in [2.75, 3.05) is 4.90 Å². The van der Waals surface area contributed by atoms with Crippen LogP contribution < -0.4 is 4.90 Å². The Hall–Kier alpha value is -3.13. The number of benzene rings is 1. The van der Waals surface area contributed by atoms with Gasteiger partial charge >= 0.3 is 12.3 Å². The average Bonchev–Trinajstić information content (AvgIpc) is 3.21. The fraction of sp³-hybridized carbons (Fsp3) is 0.545. The molecule has 1 aromatic carbocycles. The Morgan fingerprint density at radius 1 is 1.24 bits per heavy atom. The van der Waals surface area contributed by atoms with Crippen LogP contribution in [0.25, 0.3) is 0 Å². The summed E-state index contributed by atoms with van der Waals surface area (Å²) >= 11 is 0. The molecule has 2 amide bonds. The highest BCUT2D eigenvalue weighted by molar-refractivity contribution is 6.23. The highest BCUT2D eigenvalue weighted by atomic mass is 19.4.